The number of carbonyl (C=O) groups is 1. The first-order chi connectivity index (χ1) is 2.77. The van der Waals surface area contributed by atoms with E-state index in [0.29, 0.717) is 0 Å². The zero-order chi connectivity index (χ0) is 4.99. The summed E-state index contributed by atoms with van der Waals surface area (Å²) in [5.74, 6) is -0.433. The van der Waals surface area contributed by atoms with Crippen LogP contribution in [-0.4, -0.2) is 19.6 Å². The highest BCUT2D eigenvalue weighted by atomic mass is 16.5. The van der Waals surface area contributed by atoms with Gasteiger partial charge in [0.1, 0.15) is 6.61 Å². The Hall–Kier alpha value is -0.570. The first kappa shape index (κ1) is 5.43. The zero-order valence-electron chi connectivity index (χ0n) is 3.60. The van der Waals surface area contributed by atoms with E-state index in [9.17, 15) is 4.79 Å². The summed E-state index contributed by atoms with van der Waals surface area (Å²) in [6, 6.07) is 0. The topological polar surface area (TPSA) is 52.3 Å². The third-order valence-electron chi connectivity index (χ3n) is 0.287. The molecule has 0 aromatic heterocycles. The summed E-state index contributed by atoms with van der Waals surface area (Å²) in [7, 11) is 1.42. The molecule has 0 aliphatic rings. The first-order valence-corrected chi connectivity index (χ1v) is 1.54. The van der Waals surface area contributed by atoms with E-state index in [1.54, 1.807) is 0 Å². The van der Waals surface area contributed by atoms with Crippen LogP contribution in [0.2, 0.25) is 0 Å². The highest BCUT2D eigenvalue weighted by Crippen LogP contribution is 1.58. The Morgan fingerprint density at radius 2 is 2.50 bits per heavy atom. The number of amides is 1. The average Bonchev–Trinajstić information content (AvgIpc) is 1.35. The second-order valence-corrected chi connectivity index (χ2v) is 0.899. The van der Waals surface area contributed by atoms with Crippen molar-refractivity contribution in [1.29, 1.82) is 0 Å². The Labute approximate surface area is 36.1 Å². The highest BCUT2D eigenvalue weighted by molar-refractivity contribution is 5.74. The van der Waals surface area contributed by atoms with Gasteiger partial charge in [-0.1, -0.05) is 0 Å². The van der Waals surface area contributed by atoms with Crippen LogP contribution in [0.3, 0.4) is 0 Å². The normalized spacial score (nSPS) is 8.17. The van der Waals surface area contributed by atoms with Gasteiger partial charge in [-0.05, 0) is 0 Å². The van der Waals surface area contributed by atoms with E-state index < -0.39 is 5.91 Å². The lowest BCUT2D eigenvalue weighted by Crippen LogP contribution is -2.16. The van der Waals surface area contributed by atoms with Crippen LogP contribution < -0.4 is 5.73 Å². The number of hydrogen-bond donors (Lipinski definition) is 1. The molecule has 0 aliphatic heterocycles. The molecule has 0 spiro atoms. The summed E-state index contributed by atoms with van der Waals surface area (Å²) in [6.45, 7) is 0.0139. The third-order valence-corrected chi connectivity index (χ3v) is 0.287. The van der Waals surface area contributed by atoms with Crippen molar-refractivity contribution >= 4 is 5.91 Å². The fourth-order valence-corrected chi connectivity index (χ4v) is 0.142. The number of hydrogen-bond acceptors (Lipinski definition) is 2. The van der Waals surface area contributed by atoms with Gasteiger partial charge < -0.3 is 10.5 Å². The maximum Gasteiger partial charge on any atom is 0.243 e. The lowest BCUT2D eigenvalue weighted by atomic mass is 10.7. The van der Waals surface area contributed by atoms with Gasteiger partial charge in [0.05, 0.1) is 0 Å². The van der Waals surface area contributed by atoms with Crippen LogP contribution in [0.4, 0.5) is 0 Å². The third kappa shape index (κ3) is 3.43. The number of carbonyl (C=O) groups excluding carboxylic acids is 1. The molecular weight excluding hydrogens is 82.0 g/mol. The Kier molecular flexibility index (Phi) is 2.40. The van der Waals surface area contributed by atoms with Gasteiger partial charge in [0.25, 0.3) is 0 Å². The lowest BCUT2D eigenvalue weighted by Gasteiger charge is -1.85. The number of rotatable bonds is 2. The molecule has 0 fully saturated rings. The molecule has 2 N–H and O–H groups in total. The Morgan fingerprint density at radius 1 is 2.00 bits per heavy atom. The molecule has 0 aromatic rings. The fraction of sp³-hybridized carbons (Fsp3) is 0.667. The summed E-state index contributed by atoms with van der Waals surface area (Å²) in [6.07, 6.45) is 0. The molecule has 0 radical (unpaired) electrons. The van der Waals surface area contributed by atoms with Crippen molar-refractivity contribution in [2.24, 2.45) is 5.73 Å². The zero-order valence-corrected chi connectivity index (χ0v) is 3.60. The smallest absolute Gasteiger partial charge is 0.243 e. The van der Waals surface area contributed by atoms with Crippen molar-refractivity contribution in [3.63, 3.8) is 0 Å². The second-order valence-electron chi connectivity index (χ2n) is 0.899. The molecule has 6 heavy (non-hydrogen) atoms. The number of ether oxygens (including phenoxy) is 1. The van der Waals surface area contributed by atoms with Crippen molar-refractivity contribution in [3.05, 3.63) is 0 Å². The summed E-state index contributed by atoms with van der Waals surface area (Å²) >= 11 is 0. The molecule has 0 rings (SSSR count). The molecular formula is C3H7NO2. The highest BCUT2D eigenvalue weighted by Gasteiger charge is 1.84. The predicted molar refractivity (Wildman–Crippen MR) is 21.1 cm³/mol. The van der Waals surface area contributed by atoms with Crippen molar-refractivity contribution < 1.29 is 9.53 Å². The van der Waals surface area contributed by atoms with Gasteiger partial charge >= 0.3 is 0 Å². The van der Waals surface area contributed by atoms with E-state index in [-0.39, 0.29) is 6.61 Å². The number of methoxy groups -OCH3 is 1. The van der Waals surface area contributed by atoms with Crippen LogP contribution in [0.15, 0.2) is 0 Å². The van der Waals surface area contributed by atoms with Gasteiger partial charge in [-0.25, -0.2) is 0 Å². The molecule has 36 valence electrons. The monoisotopic (exact) mass is 89.0 g/mol. The van der Waals surface area contributed by atoms with Crippen LogP contribution in [0.5, 0.6) is 0 Å². The average molecular weight is 89.1 g/mol. The van der Waals surface area contributed by atoms with E-state index in [4.69, 9.17) is 0 Å². The van der Waals surface area contributed by atoms with E-state index in [1.807, 2.05) is 0 Å². The van der Waals surface area contributed by atoms with E-state index in [2.05, 4.69) is 10.5 Å². The summed E-state index contributed by atoms with van der Waals surface area (Å²) in [5, 5.41) is 0. The maximum atomic E-state index is 9.70. The molecule has 3 nitrogen and oxygen atoms in total. The molecule has 0 aliphatic carbocycles. The maximum absolute atomic E-state index is 9.70. The van der Waals surface area contributed by atoms with Gasteiger partial charge in [0, 0.05) is 7.11 Å². The van der Waals surface area contributed by atoms with Crippen molar-refractivity contribution in [2.75, 3.05) is 13.7 Å². The lowest BCUT2D eigenvalue weighted by molar-refractivity contribution is -0.121. The van der Waals surface area contributed by atoms with Crippen molar-refractivity contribution in [2.45, 2.75) is 0 Å². The van der Waals surface area contributed by atoms with Gasteiger partial charge in [-0.3, -0.25) is 4.79 Å². The molecule has 0 saturated carbocycles. The van der Waals surface area contributed by atoms with Gasteiger partial charge in [-0.15, -0.1) is 0 Å². The number of primary amides is 1. The second kappa shape index (κ2) is 2.66. The quantitative estimate of drug-likeness (QED) is 0.477. The summed E-state index contributed by atoms with van der Waals surface area (Å²) in [4.78, 5) is 9.70. The molecule has 1 amide bonds. The number of nitrogens with two attached hydrogens (primary N) is 1. The SMILES string of the molecule is COCC(N)=O. The predicted octanol–water partition coefficient (Wildman–Crippen LogP) is -0.882. The first-order valence-electron chi connectivity index (χ1n) is 1.54. The van der Waals surface area contributed by atoms with Crippen LogP contribution in [0, 0.1) is 0 Å². The minimum atomic E-state index is -0.433. The minimum absolute atomic E-state index is 0.0139. The summed E-state index contributed by atoms with van der Waals surface area (Å²) in [5.41, 5.74) is 4.64. The molecule has 0 saturated heterocycles. The van der Waals surface area contributed by atoms with Crippen LogP contribution in [0.25, 0.3) is 0 Å². The Morgan fingerprint density at radius 3 is 2.50 bits per heavy atom. The van der Waals surface area contributed by atoms with Crippen LogP contribution >= 0.6 is 0 Å². The molecule has 0 atom stereocenters. The molecule has 0 aromatic carbocycles. The van der Waals surface area contributed by atoms with Gasteiger partial charge in [0.15, 0.2) is 0 Å². The Balaban J connectivity index is 2.83. The molecule has 3 heteroatoms. The molecule has 0 unspecified atom stereocenters. The van der Waals surface area contributed by atoms with Crippen molar-refractivity contribution in [3.8, 4) is 0 Å². The van der Waals surface area contributed by atoms with Crippen LogP contribution in [0.1, 0.15) is 0 Å². The van der Waals surface area contributed by atoms with E-state index in [0.717, 1.165) is 0 Å². The fourth-order valence-electron chi connectivity index (χ4n) is 0.142. The van der Waals surface area contributed by atoms with E-state index in [1.165, 1.54) is 7.11 Å². The largest absolute Gasteiger partial charge is 0.375 e. The summed E-state index contributed by atoms with van der Waals surface area (Å²) < 4.78 is 4.33. The molecule has 0 heterocycles. The van der Waals surface area contributed by atoms with E-state index >= 15 is 0 Å². The van der Waals surface area contributed by atoms with Gasteiger partial charge in [-0.2, -0.15) is 0 Å². The Bertz CT molecular complexity index is 52.8. The van der Waals surface area contributed by atoms with Crippen LogP contribution in [-0.2, 0) is 9.53 Å². The van der Waals surface area contributed by atoms with Gasteiger partial charge in [0.2, 0.25) is 5.91 Å². The minimum Gasteiger partial charge on any atom is -0.375 e. The molecule has 0 bridgehead atoms. The van der Waals surface area contributed by atoms with Crippen molar-refractivity contribution in [1.82, 2.24) is 0 Å². The standard InChI is InChI=1S/C3H7NO2/c1-6-2-3(4)5/h2H2,1H3,(H2,4,5).